The van der Waals surface area contributed by atoms with Crippen molar-refractivity contribution >= 4 is 11.6 Å². The molecule has 0 N–H and O–H groups in total. The minimum Gasteiger partial charge on any atom is -0.494 e. The molecule has 0 bridgehead atoms. The molecule has 5 aromatic carbocycles. The predicted octanol–water partition coefficient (Wildman–Crippen LogP) is 9.55. The highest BCUT2D eigenvalue weighted by atomic mass is 35.5. The van der Waals surface area contributed by atoms with Crippen LogP contribution in [0, 0.1) is 5.92 Å². The van der Waals surface area contributed by atoms with Crippen LogP contribution in [0.4, 0.5) is 0 Å². The molecule has 2 fully saturated rings. The molecule has 0 radical (unpaired) electrons. The molecule has 0 spiro atoms. The fraction of sp³-hybridized carbons (Fsp3) is 0.302. The van der Waals surface area contributed by atoms with E-state index in [1.165, 1.54) is 0 Å². The van der Waals surface area contributed by atoms with E-state index in [2.05, 4.69) is 60.7 Å². The molecule has 1 aliphatic heterocycles. The fourth-order valence-corrected chi connectivity index (χ4v) is 7.07. The summed E-state index contributed by atoms with van der Waals surface area (Å²) in [7, 11) is 0. The van der Waals surface area contributed by atoms with Gasteiger partial charge in [-0.15, -0.1) is 0 Å². The summed E-state index contributed by atoms with van der Waals surface area (Å²) in [6.45, 7) is 4.58. The smallest absolute Gasteiger partial charge is 0.119 e. The number of ether oxygens (including phenoxy) is 5. The lowest BCUT2D eigenvalue weighted by molar-refractivity contribution is -0.224. The summed E-state index contributed by atoms with van der Waals surface area (Å²) in [6.07, 6.45) is 0.588. The molecule has 0 amide bonds. The SMILES string of the molecule is CCOc1ccc(Cc2cc([C@@H]3O[C@]4(COCc5ccccc5)C[C@@H]4[C@H](OCc4ccccc4)[C@H]3OCc3ccccc3)ccc2Cl)cc1. The van der Waals surface area contributed by atoms with Gasteiger partial charge in [0.15, 0.2) is 0 Å². The first-order valence-corrected chi connectivity index (χ1v) is 17.6. The van der Waals surface area contributed by atoms with Gasteiger partial charge in [-0.2, -0.15) is 0 Å². The Hall–Kier alpha value is -3.97. The zero-order valence-corrected chi connectivity index (χ0v) is 28.6. The molecule has 1 heterocycles. The van der Waals surface area contributed by atoms with Gasteiger partial charge in [-0.25, -0.2) is 0 Å². The average Bonchev–Trinajstić information content (AvgIpc) is 3.87. The van der Waals surface area contributed by atoms with Crippen LogP contribution in [0.5, 0.6) is 5.75 Å². The maximum atomic E-state index is 7.15. The van der Waals surface area contributed by atoms with Crippen molar-refractivity contribution in [2.75, 3.05) is 13.2 Å². The summed E-state index contributed by atoms with van der Waals surface area (Å²) in [4.78, 5) is 0. The molecule has 252 valence electrons. The van der Waals surface area contributed by atoms with Crippen LogP contribution < -0.4 is 4.74 Å². The first-order chi connectivity index (χ1) is 24.1. The van der Waals surface area contributed by atoms with E-state index in [-0.39, 0.29) is 24.2 Å². The van der Waals surface area contributed by atoms with Gasteiger partial charge >= 0.3 is 0 Å². The quantitative estimate of drug-likeness (QED) is 0.111. The summed E-state index contributed by atoms with van der Waals surface area (Å²) in [5.41, 5.74) is 6.11. The lowest BCUT2D eigenvalue weighted by atomic mass is 9.91. The summed E-state index contributed by atoms with van der Waals surface area (Å²) in [5, 5.41) is 0.720. The molecule has 1 saturated heterocycles. The van der Waals surface area contributed by atoms with Crippen molar-refractivity contribution in [1.82, 2.24) is 0 Å². The molecule has 1 aliphatic carbocycles. The highest BCUT2D eigenvalue weighted by Crippen LogP contribution is 2.59. The van der Waals surface area contributed by atoms with Gasteiger partial charge in [-0.3, -0.25) is 0 Å². The minimum absolute atomic E-state index is 0.139. The zero-order chi connectivity index (χ0) is 33.5. The first kappa shape index (κ1) is 33.5. The predicted molar refractivity (Wildman–Crippen MR) is 193 cm³/mol. The second kappa shape index (κ2) is 15.7. The monoisotopic (exact) mass is 674 g/mol. The van der Waals surface area contributed by atoms with Gasteiger partial charge in [0.2, 0.25) is 0 Å². The Balaban J connectivity index is 1.19. The third-order valence-electron chi connectivity index (χ3n) is 9.52. The van der Waals surface area contributed by atoms with Crippen LogP contribution in [-0.4, -0.2) is 31.0 Å². The summed E-state index contributed by atoms with van der Waals surface area (Å²) in [5.74, 6) is 1.00. The molecule has 0 aromatic heterocycles. The normalized spacial score (nSPS) is 22.7. The number of halogens is 1. The molecular weight excluding hydrogens is 632 g/mol. The van der Waals surface area contributed by atoms with Crippen molar-refractivity contribution < 1.29 is 23.7 Å². The number of fused-ring (bicyclic) bond motifs is 1. The highest BCUT2D eigenvalue weighted by molar-refractivity contribution is 6.31. The van der Waals surface area contributed by atoms with Crippen LogP contribution >= 0.6 is 11.6 Å². The van der Waals surface area contributed by atoms with Gasteiger partial charge in [0.05, 0.1) is 44.7 Å². The Morgan fingerprint density at radius 3 is 1.88 bits per heavy atom. The second-order valence-corrected chi connectivity index (χ2v) is 13.4. The van der Waals surface area contributed by atoms with Gasteiger partial charge in [0.1, 0.15) is 18.0 Å². The molecule has 0 unspecified atom stereocenters. The van der Waals surface area contributed by atoms with Gasteiger partial charge in [0, 0.05) is 10.9 Å². The van der Waals surface area contributed by atoms with E-state index < -0.39 is 5.60 Å². The van der Waals surface area contributed by atoms with E-state index in [0.29, 0.717) is 39.5 Å². The van der Waals surface area contributed by atoms with Gasteiger partial charge in [-0.1, -0.05) is 127 Å². The lowest BCUT2D eigenvalue weighted by Gasteiger charge is -2.41. The van der Waals surface area contributed by atoms with Crippen molar-refractivity contribution in [2.45, 2.75) is 63.5 Å². The van der Waals surface area contributed by atoms with Gasteiger partial charge in [-0.05, 0) is 71.3 Å². The van der Waals surface area contributed by atoms with Crippen molar-refractivity contribution in [1.29, 1.82) is 0 Å². The molecule has 5 nitrogen and oxygen atoms in total. The lowest BCUT2D eigenvalue weighted by Crippen LogP contribution is -2.49. The molecule has 5 aromatic rings. The number of hydrogen-bond acceptors (Lipinski definition) is 5. The third-order valence-corrected chi connectivity index (χ3v) is 9.89. The van der Waals surface area contributed by atoms with E-state index in [9.17, 15) is 0 Å². The summed E-state index contributed by atoms with van der Waals surface area (Å²) < 4.78 is 32.9. The maximum absolute atomic E-state index is 7.15. The Bertz CT molecular complexity index is 1770. The highest BCUT2D eigenvalue weighted by Gasteiger charge is 2.67. The fourth-order valence-electron chi connectivity index (χ4n) is 6.88. The Morgan fingerprint density at radius 1 is 0.673 bits per heavy atom. The van der Waals surface area contributed by atoms with Crippen molar-refractivity contribution in [3.05, 3.63) is 172 Å². The second-order valence-electron chi connectivity index (χ2n) is 13.0. The van der Waals surface area contributed by atoms with Crippen LogP contribution in [0.2, 0.25) is 5.02 Å². The summed E-state index contributed by atoms with van der Waals surface area (Å²) >= 11 is 6.84. The topological polar surface area (TPSA) is 46.2 Å². The van der Waals surface area contributed by atoms with Crippen LogP contribution in [0.1, 0.15) is 52.8 Å². The van der Waals surface area contributed by atoms with Crippen molar-refractivity contribution in [2.24, 2.45) is 5.92 Å². The van der Waals surface area contributed by atoms with Crippen molar-refractivity contribution in [3.63, 3.8) is 0 Å². The van der Waals surface area contributed by atoms with Crippen molar-refractivity contribution in [3.8, 4) is 5.75 Å². The van der Waals surface area contributed by atoms with Gasteiger partial charge < -0.3 is 23.7 Å². The number of hydrogen-bond donors (Lipinski definition) is 0. The largest absolute Gasteiger partial charge is 0.494 e. The van der Waals surface area contributed by atoms with Crippen LogP contribution in [0.3, 0.4) is 0 Å². The minimum atomic E-state index is -0.470. The molecule has 49 heavy (non-hydrogen) atoms. The van der Waals surface area contributed by atoms with E-state index >= 15 is 0 Å². The Morgan fingerprint density at radius 2 is 1.27 bits per heavy atom. The average molecular weight is 675 g/mol. The van der Waals surface area contributed by atoms with Gasteiger partial charge in [0.25, 0.3) is 0 Å². The third kappa shape index (κ3) is 8.26. The number of benzene rings is 5. The van der Waals surface area contributed by atoms with E-state index in [0.717, 1.165) is 50.6 Å². The standard InChI is InChI=1S/C43H43ClO5/c1-2-46-37-21-18-31(19-22-37)24-36-25-35(20-23-39(36)44)40-42(48-29-34-16-10-5-11-17-34)41(47-28-33-14-8-4-9-15-33)38-26-43(38,49-40)30-45-27-32-12-6-3-7-13-32/h3-23,25,38,40-42H,2,24,26-30H2,1H3/t38-,40+,41+,42+,43+/m1/s1. The maximum Gasteiger partial charge on any atom is 0.119 e. The zero-order valence-electron chi connectivity index (χ0n) is 27.9. The first-order valence-electron chi connectivity index (χ1n) is 17.2. The Kier molecular flexibility index (Phi) is 10.8. The van der Waals surface area contributed by atoms with Crippen LogP contribution in [0.15, 0.2) is 133 Å². The number of rotatable bonds is 15. The molecule has 2 aliphatic rings. The molecule has 1 saturated carbocycles. The summed E-state index contributed by atoms with van der Waals surface area (Å²) in [6, 6.07) is 45.3. The van der Waals surface area contributed by atoms with E-state index in [1.807, 2.05) is 79.7 Å². The molecular formula is C43H43ClO5. The van der Waals surface area contributed by atoms with Crippen LogP contribution in [0.25, 0.3) is 0 Å². The molecule has 5 atom stereocenters. The van der Waals surface area contributed by atoms with Crippen LogP contribution in [-0.2, 0) is 45.2 Å². The molecule has 7 rings (SSSR count). The van der Waals surface area contributed by atoms with E-state index in [4.69, 9.17) is 35.3 Å². The van der Waals surface area contributed by atoms with E-state index in [1.54, 1.807) is 0 Å². The molecule has 6 heteroatoms. The Labute approximate surface area is 294 Å².